The Bertz CT molecular complexity index is 1550. The number of ether oxygens (including phenoxy) is 5. The molecule has 7 unspecified atom stereocenters. The molecule has 2 heterocycles. The fourth-order valence-corrected chi connectivity index (χ4v) is 10.4. The molecule has 12 heteroatoms. The van der Waals surface area contributed by atoms with E-state index in [1.165, 1.54) is 12.8 Å². The predicted octanol–water partition coefficient (Wildman–Crippen LogP) is 7.22. The van der Waals surface area contributed by atoms with Crippen LogP contribution in [0.4, 0.5) is 0 Å². The maximum atomic E-state index is 14.9. The Kier molecular flexibility index (Phi) is 17.7. The number of oxime groups is 1. The van der Waals surface area contributed by atoms with Crippen molar-refractivity contribution in [2.45, 2.75) is 127 Å². The van der Waals surface area contributed by atoms with Crippen LogP contribution in [0, 0.1) is 23.7 Å². The molecule has 2 saturated carbocycles. The smallest absolute Gasteiger partial charge is 0.239 e. The first-order chi connectivity index (χ1) is 29.0. The minimum atomic E-state index is -1.35. The number of hydrogen-bond acceptors (Lipinski definition) is 11. The van der Waals surface area contributed by atoms with Gasteiger partial charge in [0.2, 0.25) is 18.0 Å². The van der Waals surface area contributed by atoms with Gasteiger partial charge < -0.3 is 48.7 Å². The Morgan fingerprint density at radius 2 is 1.71 bits per heavy atom. The van der Waals surface area contributed by atoms with Gasteiger partial charge in [0.05, 0.1) is 44.7 Å². The van der Waals surface area contributed by atoms with Crippen LogP contribution in [0.25, 0.3) is 0 Å². The highest BCUT2D eigenvalue weighted by atomic mass is 16.8. The van der Waals surface area contributed by atoms with Crippen LogP contribution in [0.15, 0.2) is 60.3 Å². The van der Waals surface area contributed by atoms with Crippen molar-refractivity contribution in [3.8, 4) is 11.5 Å². The van der Waals surface area contributed by atoms with Crippen LogP contribution in [-0.4, -0.2) is 109 Å². The molecular weight excluding hydrogens is 753 g/mol. The number of benzene rings is 1. The van der Waals surface area contributed by atoms with E-state index in [2.05, 4.69) is 25.3 Å². The first-order valence-corrected chi connectivity index (χ1v) is 22.6. The van der Waals surface area contributed by atoms with Crippen LogP contribution in [-0.2, 0) is 23.8 Å². The molecule has 1 aromatic carbocycles. The maximum absolute atomic E-state index is 14.9. The molecule has 328 valence electrons. The quantitative estimate of drug-likeness (QED) is 0.0525. The van der Waals surface area contributed by atoms with Crippen molar-refractivity contribution in [3.05, 3.63) is 60.7 Å². The molecule has 1 saturated heterocycles. The predicted molar refractivity (Wildman–Crippen MR) is 226 cm³/mol. The van der Waals surface area contributed by atoms with Gasteiger partial charge in [-0.1, -0.05) is 68.5 Å². The molecule has 3 N–H and O–H groups in total. The van der Waals surface area contributed by atoms with Crippen LogP contribution in [0.1, 0.15) is 114 Å². The van der Waals surface area contributed by atoms with Crippen molar-refractivity contribution < 1.29 is 48.6 Å². The van der Waals surface area contributed by atoms with Gasteiger partial charge in [-0.15, -0.1) is 6.58 Å². The van der Waals surface area contributed by atoms with Gasteiger partial charge in [-0.25, -0.2) is 0 Å². The number of allylic oxidation sites excluding steroid dienone is 1. The summed E-state index contributed by atoms with van der Waals surface area (Å²) in [4.78, 5) is 23.0. The summed E-state index contributed by atoms with van der Waals surface area (Å²) in [6.45, 7) is 9.86. The van der Waals surface area contributed by atoms with E-state index in [9.17, 15) is 20.1 Å². The number of amides is 1. The van der Waals surface area contributed by atoms with Crippen molar-refractivity contribution in [2.24, 2.45) is 28.8 Å². The first kappa shape index (κ1) is 45.3. The summed E-state index contributed by atoms with van der Waals surface area (Å²) in [6, 6.07) is 5.34. The molecule has 3 aliphatic carbocycles. The SMILES string of the molecule is C=CCOc1ccc2c(c1)C1C(CCCCO)C(CCCCO)C=C3C(=NOC4CCCCO4)CC(N(CCOCCO)C(=O)CCC4CCCC4)C(OCC=C)(O2)C31. The first-order valence-electron chi connectivity index (χ1n) is 22.6. The normalized spacial score (nSPS) is 28.3. The zero-order valence-electron chi connectivity index (χ0n) is 35.2. The minimum absolute atomic E-state index is 0.00990. The fourth-order valence-electron chi connectivity index (χ4n) is 10.4. The third-order valence-electron chi connectivity index (χ3n) is 13.1. The number of rotatable bonds is 25. The lowest BCUT2D eigenvalue weighted by Gasteiger charge is -2.60. The lowest BCUT2D eigenvalue weighted by Crippen LogP contribution is -2.70. The largest absolute Gasteiger partial charge is 0.490 e. The lowest BCUT2D eigenvalue weighted by atomic mass is 9.55. The number of carbonyl (C=O) groups is 1. The topological polar surface area (TPSA) is 149 Å². The molecule has 1 amide bonds. The molecule has 2 aliphatic heterocycles. The number of unbranched alkanes of at least 4 members (excludes halogenated alkanes) is 2. The molecule has 12 nitrogen and oxygen atoms in total. The summed E-state index contributed by atoms with van der Waals surface area (Å²) in [5.41, 5.74) is 2.73. The van der Waals surface area contributed by atoms with Gasteiger partial charge in [-0.2, -0.15) is 0 Å². The summed E-state index contributed by atoms with van der Waals surface area (Å²) in [5.74, 6) is 0.195. The Balaban J connectivity index is 1.54. The third kappa shape index (κ3) is 11.2. The van der Waals surface area contributed by atoms with Crippen molar-refractivity contribution in [2.75, 3.05) is 59.4 Å². The fraction of sp³-hybridized carbons (Fsp3) is 0.702. The van der Waals surface area contributed by atoms with Crippen molar-refractivity contribution in [1.82, 2.24) is 4.90 Å². The summed E-state index contributed by atoms with van der Waals surface area (Å²) < 4.78 is 32.5. The van der Waals surface area contributed by atoms with Crippen molar-refractivity contribution in [1.29, 1.82) is 0 Å². The van der Waals surface area contributed by atoms with E-state index in [0.29, 0.717) is 56.3 Å². The minimum Gasteiger partial charge on any atom is -0.490 e. The molecule has 0 radical (unpaired) electrons. The van der Waals surface area contributed by atoms with Crippen LogP contribution in [0.2, 0.25) is 0 Å². The monoisotopic (exact) mass is 823 g/mol. The highest BCUT2D eigenvalue weighted by Gasteiger charge is 2.65. The van der Waals surface area contributed by atoms with Crippen LogP contribution in [0.3, 0.4) is 0 Å². The molecule has 0 bridgehead atoms. The Morgan fingerprint density at radius 3 is 2.44 bits per heavy atom. The second-order valence-corrected chi connectivity index (χ2v) is 16.9. The number of aliphatic hydroxyl groups excluding tert-OH is 3. The summed E-state index contributed by atoms with van der Waals surface area (Å²) in [6.07, 6.45) is 19.0. The van der Waals surface area contributed by atoms with Gasteiger partial charge in [0, 0.05) is 50.5 Å². The van der Waals surface area contributed by atoms with Gasteiger partial charge in [-0.05, 0) is 86.5 Å². The van der Waals surface area contributed by atoms with Crippen molar-refractivity contribution in [3.63, 3.8) is 0 Å². The lowest BCUT2D eigenvalue weighted by molar-refractivity contribution is -0.258. The van der Waals surface area contributed by atoms with E-state index >= 15 is 0 Å². The zero-order chi connectivity index (χ0) is 41.5. The maximum Gasteiger partial charge on any atom is 0.239 e. The average molecular weight is 823 g/mol. The summed E-state index contributed by atoms with van der Waals surface area (Å²) in [7, 11) is 0. The molecule has 59 heavy (non-hydrogen) atoms. The standard InChI is InChI=1S/C47H70N2O10/c1-3-26-55-36-19-20-41-39(32-36)45-37(16-8-11-24-51)35(15-7-10-23-50)31-38-40(48-59-44-17-9-12-28-56-44)33-42(47(58-41,46(38)45)57-27-4-2)49(22-29-54-30-25-52)43(53)21-18-34-13-5-6-14-34/h3-4,19-20,31-32,34-35,37,42,44-46,50-52H,1-2,5-18,21-30,33H2. The summed E-state index contributed by atoms with van der Waals surface area (Å²) >= 11 is 0. The van der Waals surface area contributed by atoms with Gasteiger partial charge in [-0.3, -0.25) is 4.79 Å². The Hall–Kier alpha value is -3.26. The van der Waals surface area contributed by atoms with Gasteiger partial charge in [0.25, 0.3) is 0 Å². The van der Waals surface area contributed by atoms with E-state index in [1.807, 2.05) is 17.0 Å². The molecule has 1 aromatic rings. The molecule has 0 aromatic heterocycles. The van der Waals surface area contributed by atoms with Crippen molar-refractivity contribution >= 4 is 11.6 Å². The van der Waals surface area contributed by atoms with E-state index in [1.54, 1.807) is 12.2 Å². The van der Waals surface area contributed by atoms with Crippen LogP contribution >= 0.6 is 0 Å². The molecule has 0 spiro atoms. The van der Waals surface area contributed by atoms with E-state index in [4.69, 9.17) is 33.7 Å². The number of nitrogens with zero attached hydrogens (tertiary/aromatic N) is 2. The highest BCUT2D eigenvalue weighted by molar-refractivity contribution is 6.03. The molecule has 3 fully saturated rings. The second kappa shape index (κ2) is 23.1. The number of aliphatic hydroxyl groups is 3. The van der Waals surface area contributed by atoms with Gasteiger partial charge in [0.1, 0.15) is 24.1 Å². The highest BCUT2D eigenvalue weighted by Crippen LogP contribution is 2.62. The van der Waals surface area contributed by atoms with Crippen LogP contribution < -0.4 is 9.47 Å². The molecule has 6 rings (SSSR count). The van der Waals surface area contributed by atoms with E-state index in [-0.39, 0.29) is 69.8 Å². The van der Waals surface area contributed by atoms with Crippen LogP contribution in [0.5, 0.6) is 11.5 Å². The third-order valence-corrected chi connectivity index (χ3v) is 13.1. The molecule has 5 aliphatic rings. The molecular formula is C47H70N2O10. The number of hydrogen-bond donors (Lipinski definition) is 3. The van der Waals surface area contributed by atoms with E-state index in [0.717, 1.165) is 81.1 Å². The molecule has 7 atom stereocenters. The van der Waals surface area contributed by atoms with Gasteiger partial charge >= 0.3 is 0 Å². The average Bonchev–Trinajstić information content (AvgIpc) is 3.79. The van der Waals surface area contributed by atoms with E-state index < -0.39 is 24.0 Å². The number of fused-ring (bicyclic) bond motifs is 2. The Labute approximate surface area is 351 Å². The zero-order valence-corrected chi connectivity index (χ0v) is 35.2. The number of carbonyl (C=O) groups excluding carboxylic acids is 1. The summed E-state index contributed by atoms with van der Waals surface area (Å²) in [5, 5.41) is 34.4. The second-order valence-electron chi connectivity index (χ2n) is 16.9. The van der Waals surface area contributed by atoms with Gasteiger partial charge in [0.15, 0.2) is 0 Å². The Morgan fingerprint density at radius 1 is 0.932 bits per heavy atom.